The van der Waals surface area contributed by atoms with Gasteiger partial charge < -0.3 is 4.90 Å². The zero-order valence-electron chi connectivity index (χ0n) is 14.1. The van der Waals surface area contributed by atoms with Gasteiger partial charge in [0.15, 0.2) is 5.82 Å². The van der Waals surface area contributed by atoms with E-state index < -0.39 is 0 Å². The summed E-state index contributed by atoms with van der Waals surface area (Å²) in [6.45, 7) is 4.00. The molecule has 0 amide bonds. The molecular formula is C19H19N5O. The number of rotatable bonds is 3. The van der Waals surface area contributed by atoms with E-state index in [0.717, 1.165) is 35.6 Å². The normalized spacial score (nSPS) is 13.6. The highest BCUT2D eigenvalue weighted by molar-refractivity contribution is 5.57. The van der Waals surface area contributed by atoms with Crippen molar-refractivity contribution < 1.29 is 0 Å². The Morgan fingerprint density at radius 2 is 2.00 bits per heavy atom. The van der Waals surface area contributed by atoms with Gasteiger partial charge >= 0.3 is 0 Å². The summed E-state index contributed by atoms with van der Waals surface area (Å²) in [7, 11) is 0. The van der Waals surface area contributed by atoms with Crippen LogP contribution in [0.25, 0.3) is 11.4 Å². The minimum absolute atomic E-state index is 0.0456. The lowest BCUT2D eigenvalue weighted by Crippen LogP contribution is -2.35. The van der Waals surface area contributed by atoms with Crippen molar-refractivity contribution in [3.05, 3.63) is 70.3 Å². The molecule has 4 rings (SSSR count). The molecule has 6 nitrogen and oxygen atoms in total. The minimum atomic E-state index is -0.0456. The zero-order chi connectivity index (χ0) is 17.2. The van der Waals surface area contributed by atoms with Crippen LogP contribution < -0.4 is 10.5 Å². The lowest BCUT2D eigenvalue weighted by Gasteiger charge is -2.29. The first-order chi connectivity index (χ1) is 12.2. The predicted octanol–water partition coefficient (Wildman–Crippen LogP) is 2.28. The maximum absolute atomic E-state index is 12.1. The number of hydrogen-bond donors (Lipinski definition) is 0. The fourth-order valence-electron chi connectivity index (χ4n) is 3.11. The fourth-order valence-corrected chi connectivity index (χ4v) is 3.11. The fraction of sp³-hybridized carbons (Fsp3) is 0.263. The van der Waals surface area contributed by atoms with Gasteiger partial charge in [0.1, 0.15) is 5.82 Å². The van der Waals surface area contributed by atoms with Gasteiger partial charge in [-0.3, -0.25) is 4.79 Å². The van der Waals surface area contributed by atoms with Crippen LogP contribution in [0.15, 0.2) is 53.5 Å². The third kappa shape index (κ3) is 3.03. The number of nitrogens with zero attached hydrogens (tertiary/aromatic N) is 5. The van der Waals surface area contributed by atoms with Crippen molar-refractivity contribution >= 4 is 5.82 Å². The van der Waals surface area contributed by atoms with E-state index in [-0.39, 0.29) is 5.56 Å². The number of aryl methyl sites for hydroxylation is 1. The summed E-state index contributed by atoms with van der Waals surface area (Å²) in [6, 6.07) is 13.6. The quantitative estimate of drug-likeness (QED) is 0.736. The Balaban J connectivity index is 1.64. The molecular weight excluding hydrogens is 314 g/mol. The molecule has 0 atom stereocenters. The van der Waals surface area contributed by atoms with Crippen LogP contribution in [-0.4, -0.2) is 26.3 Å². The minimum Gasteiger partial charge on any atom is -0.352 e. The lowest BCUT2D eigenvalue weighted by molar-refractivity contribution is 0.572. The van der Waals surface area contributed by atoms with Gasteiger partial charge in [0.25, 0.3) is 5.56 Å². The molecule has 0 saturated carbocycles. The van der Waals surface area contributed by atoms with Crippen molar-refractivity contribution in [2.45, 2.75) is 26.4 Å². The van der Waals surface area contributed by atoms with Crippen LogP contribution in [0.5, 0.6) is 0 Å². The number of benzene rings is 1. The molecule has 0 fully saturated rings. The average Bonchev–Trinajstić information content (AvgIpc) is 2.68. The summed E-state index contributed by atoms with van der Waals surface area (Å²) in [5.41, 5.74) is 2.95. The van der Waals surface area contributed by atoms with Crippen molar-refractivity contribution in [1.82, 2.24) is 19.7 Å². The largest absolute Gasteiger partial charge is 0.352 e. The second-order valence-corrected chi connectivity index (χ2v) is 6.05. The summed E-state index contributed by atoms with van der Waals surface area (Å²) in [5.74, 6) is 1.59. The highest BCUT2D eigenvalue weighted by Crippen LogP contribution is 2.23. The van der Waals surface area contributed by atoms with Gasteiger partial charge in [-0.2, -0.15) is 5.10 Å². The van der Waals surface area contributed by atoms with Crippen LogP contribution >= 0.6 is 0 Å². The van der Waals surface area contributed by atoms with E-state index >= 15 is 0 Å². The monoisotopic (exact) mass is 333 g/mol. The van der Waals surface area contributed by atoms with E-state index in [1.165, 1.54) is 4.68 Å². The Morgan fingerprint density at radius 1 is 1.16 bits per heavy atom. The van der Waals surface area contributed by atoms with Crippen LogP contribution in [0.1, 0.15) is 18.2 Å². The molecule has 0 aliphatic carbocycles. The summed E-state index contributed by atoms with van der Waals surface area (Å²) in [6.07, 6.45) is 2.59. The number of fused-ring (bicyclic) bond motifs is 1. The molecule has 3 aromatic rings. The van der Waals surface area contributed by atoms with Gasteiger partial charge in [-0.25, -0.2) is 14.6 Å². The molecule has 1 aromatic carbocycles. The van der Waals surface area contributed by atoms with E-state index in [4.69, 9.17) is 4.98 Å². The van der Waals surface area contributed by atoms with E-state index in [0.29, 0.717) is 18.9 Å². The maximum Gasteiger partial charge on any atom is 0.267 e. The number of aromatic nitrogens is 4. The van der Waals surface area contributed by atoms with E-state index in [2.05, 4.69) is 15.0 Å². The Kier molecular flexibility index (Phi) is 4.01. The third-order valence-corrected chi connectivity index (χ3v) is 4.44. The number of hydrogen-bond acceptors (Lipinski definition) is 5. The first kappa shape index (κ1) is 15.5. The highest BCUT2D eigenvalue weighted by atomic mass is 16.1. The molecule has 1 aliphatic heterocycles. The second-order valence-electron chi connectivity index (χ2n) is 6.05. The average molecular weight is 333 g/mol. The molecule has 6 heteroatoms. The molecule has 25 heavy (non-hydrogen) atoms. The van der Waals surface area contributed by atoms with Gasteiger partial charge in [0.2, 0.25) is 0 Å². The molecule has 0 unspecified atom stereocenters. The predicted molar refractivity (Wildman–Crippen MR) is 96.4 cm³/mol. The maximum atomic E-state index is 12.1. The topological polar surface area (TPSA) is 63.9 Å². The van der Waals surface area contributed by atoms with Gasteiger partial charge in [0, 0.05) is 49.4 Å². The molecule has 126 valence electrons. The standard InChI is InChI=1S/C19H19N5O/c1-2-24-18(25)12-15-13-23(11-9-16(15)22-24)17-8-10-20-19(21-17)14-6-4-3-5-7-14/h3-8,10,12H,2,9,11,13H2,1H3. The molecule has 0 saturated heterocycles. The first-order valence-corrected chi connectivity index (χ1v) is 8.48. The number of anilines is 1. The van der Waals surface area contributed by atoms with Crippen LogP contribution in [-0.2, 0) is 19.5 Å². The molecule has 1 aliphatic rings. The molecule has 0 radical (unpaired) electrons. The molecule has 3 heterocycles. The highest BCUT2D eigenvalue weighted by Gasteiger charge is 2.20. The van der Waals surface area contributed by atoms with Gasteiger partial charge in [-0.1, -0.05) is 30.3 Å². The van der Waals surface area contributed by atoms with Crippen LogP contribution in [0.3, 0.4) is 0 Å². The third-order valence-electron chi connectivity index (χ3n) is 4.44. The van der Waals surface area contributed by atoms with Crippen molar-refractivity contribution in [3.63, 3.8) is 0 Å². The first-order valence-electron chi connectivity index (χ1n) is 8.48. The van der Waals surface area contributed by atoms with Crippen molar-refractivity contribution in [2.75, 3.05) is 11.4 Å². The van der Waals surface area contributed by atoms with Crippen LogP contribution in [0.4, 0.5) is 5.82 Å². The van der Waals surface area contributed by atoms with Gasteiger partial charge in [-0.05, 0) is 13.0 Å². The van der Waals surface area contributed by atoms with Crippen LogP contribution in [0, 0.1) is 0 Å². The van der Waals surface area contributed by atoms with Crippen molar-refractivity contribution in [3.8, 4) is 11.4 Å². The summed E-state index contributed by atoms with van der Waals surface area (Å²) >= 11 is 0. The van der Waals surface area contributed by atoms with Gasteiger partial charge in [0.05, 0.1) is 5.69 Å². The second kappa shape index (κ2) is 6.47. The van der Waals surface area contributed by atoms with Crippen molar-refractivity contribution in [1.29, 1.82) is 0 Å². The Bertz CT molecular complexity index is 952. The summed E-state index contributed by atoms with van der Waals surface area (Å²) in [5, 5.41) is 4.47. The van der Waals surface area contributed by atoms with Gasteiger partial charge in [-0.15, -0.1) is 0 Å². The Morgan fingerprint density at radius 3 is 2.80 bits per heavy atom. The van der Waals surface area contributed by atoms with E-state index in [9.17, 15) is 4.79 Å². The SMILES string of the molecule is CCn1nc2c(cc1=O)CN(c1ccnc(-c3ccccc3)n1)CC2. The van der Waals surface area contributed by atoms with Crippen LogP contribution in [0.2, 0.25) is 0 Å². The molecule has 2 aromatic heterocycles. The molecule has 0 bridgehead atoms. The lowest BCUT2D eigenvalue weighted by atomic mass is 10.1. The van der Waals surface area contributed by atoms with Crippen molar-refractivity contribution in [2.24, 2.45) is 0 Å². The molecule has 0 spiro atoms. The smallest absolute Gasteiger partial charge is 0.267 e. The summed E-state index contributed by atoms with van der Waals surface area (Å²) in [4.78, 5) is 23.3. The molecule has 0 N–H and O–H groups in total. The Hall–Kier alpha value is -3.02. The van der Waals surface area contributed by atoms with E-state index in [1.807, 2.05) is 43.3 Å². The van der Waals surface area contributed by atoms with E-state index in [1.54, 1.807) is 12.3 Å². The summed E-state index contributed by atoms with van der Waals surface area (Å²) < 4.78 is 1.52. The zero-order valence-corrected chi connectivity index (χ0v) is 14.1. The Labute approximate surface area is 145 Å².